The lowest BCUT2D eigenvalue weighted by Gasteiger charge is -2.32. The van der Waals surface area contributed by atoms with Crippen molar-refractivity contribution in [2.75, 3.05) is 19.0 Å². The van der Waals surface area contributed by atoms with Gasteiger partial charge in [-0.2, -0.15) is 4.58 Å². The number of carbonyl (C=O) groups is 1. The van der Waals surface area contributed by atoms with Crippen LogP contribution in [-0.4, -0.2) is 30.2 Å². The molecule has 3 aliphatic rings. The van der Waals surface area contributed by atoms with Gasteiger partial charge < -0.3 is 10.0 Å². The number of fused-ring (bicyclic) bond motifs is 6. The molecule has 56 heavy (non-hydrogen) atoms. The summed E-state index contributed by atoms with van der Waals surface area (Å²) >= 11 is 4.24. The van der Waals surface area contributed by atoms with Crippen molar-refractivity contribution in [2.45, 2.75) is 134 Å². The molecule has 0 N–H and O–H groups in total. The molecular formula is C50H72I2N2O2. The highest BCUT2D eigenvalue weighted by molar-refractivity contribution is 15.0. The van der Waals surface area contributed by atoms with Crippen molar-refractivity contribution in [3.63, 3.8) is 0 Å². The fourth-order valence-electron chi connectivity index (χ4n) is 7.27. The molecule has 4 aromatic rings. The molecule has 0 fully saturated rings. The Morgan fingerprint density at radius 3 is 1.59 bits per heavy atom. The molecule has 4 aromatic carbocycles. The van der Waals surface area contributed by atoms with Crippen LogP contribution in [0.3, 0.4) is 0 Å². The van der Waals surface area contributed by atoms with E-state index in [1.807, 2.05) is 53.9 Å². The topological polar surface area (TPSA) is 46.4 Å². The Kier molecular flexibility index (Phi) is 22.8. The van der Waals surface area contributed by atoms with Gasteiger partial charge in [0.15, 0.2) is 11.5 Å². The van der Waals surface area contributed by atoms with E-state index in [9.17, 15) is 9.90 Å². The number of halogens is 2. The van der Waals surface area contributed by atoms with Crippen molar-refractivity contribution < 1.29 is 14.5 Å². The zero-order valence-corrected chi connectivity index (χ0v) is 39.7. The molecule has 4 nitrogen and oxygen atoms in total. The van der Waals surface area contributed by atoms with Crippen molar-refractivity contribution in [1.29, 1.82) is 0 Å². The first-order valence-electron chi connectivity index (χ1n) is 19.8. The van der Waals surface area contributed by atoms with Crippen LogP contribution in [0.5, 0.6) is 0 Å². The summed E-state index contributed by atoms with van der Waals surface area (Å²) in [5.41, 5.74) is 6.40. The van der Waals surface area contributed by atoms with Crippen molar-refractivity contribution in [3.05, 3.63) is 119 Å². The zero-order chi connectivity index (χ0) is 41.0. The fourth-order valence-corrected chi connectivity index (χ4v) is 7.27. The smallest absolute Gasteiger partial charge is 0.210 e. The van der Waals surface area contributed by atoms with Crippen molar-refractivity contribution in [2.24, 2.45) is 0 Å². The Morgan fingerprint density at radius 2 is 1.12 bits per heavy atom. The summed E-state index contributed by atoms with van der Waals surface area (Å²) in [5.74, 6) is -0.361. The summed E-state index contributed by atoms with van der Waals surface area (Å²) in [6.45, 7) is 25.4. The molecule has 308 valence electrons. The van der Waals surface area contributed by atoms with Crippen LogP contribution >= 0.6 is 37.2 Å². The van der Waals surface area contributed by atoms with Gasteiger partial charge in [0.2, 0.25) is 5.69 Å². The Labute approximate surface area is 365 Å². The van der Waals surface area contributed by atoms with E-state index in [0.717, 1.165) is 22.8 Å². The first kappa shape index (κ1) is 53.0. The van der Waals surface area contributed by atoms with E-state index in [-0.39, 0.29) is 48.4 Å². The molecule has 0 amide bonds. The molecule has 6 heteroatoms. The van der Waals surface area contributed by atoms with Gasteiger partial charge in [-0.3, -0.25) is 4.79 Å². The molecule has 1 aliphatic carbocycles. The van der Waals surface area contributed by atoms with Gasteiger partial charge >= 0.3 is 0 Å². The number of unbranched alkanes of at least 4 members (excludes halogenated alkanes) is 2. The van der Waals surface area contributed by atoms with Gasteiger partial charge in [0.05, 0.1) is 5.41 Å². The van der Waals surface area contributed by atoms with E-state index in [0.29, 0.717) is 0 Å². The zero-order valence-electron chi connectivity index (χ0n) is 35.4. The number of hydrogen-bond donors (Lipinski definition) is 0. The van der Waals surface area contributed by atoms with Crippen molar-refractivity contribution >= 4 is 81.6 Å². The second-order valence-corrected chi connectivity index (χ2v) is 14.3. The number of hydrogen-bond acceptors (Lipinski definition) is 3. The summed E-state index contributed by atoms with van der Waals surface area (Å²) < 4.78 is 2.13. The van der Waals surface area contributed by atoms with E-state index in [4.69, 9.17) is 0 Å². The number of nitrogens with zero attached hydrogens (tertiary/aromatic N) is 2. The summed E-state index contributed by atoms with van der Waals surface area (Å²) in [7, 11) is 4.04. The van der Waals surface area contributed by atoms with Gasteiger partial charge in [-0.25, -0.2) is 0 Å². The number of likely N-dealkylation sites (N-methyl/N-ethyl adjacent to an activating group) is 1. The number of Topliss-reactive ketones (excluding diaryl/α,β-unsaturated/α-hetero) is 1. The van der Waals surface area contributed by atoms with Crippen LogP contribution in [0.4, 0.5) is 11.4 Å². The average Bonchev–Trinajstić information content (AvgIpc) is 3.54. The predicted molar refractivity (Wildman–Crippen MR) is 267 cm³/mol. The van der Waals surface area contributed by atoms with Gasteiger partial charge in [-0.15, -0.1) is 0 Å². The lowest BCUT2D eigenvalue weighted by atomic mass is 9.76. The quantitative estimate of drug-likeness (QED) is 0.116. The number of carbonyl (C=O) groups excluding carboxylic acids is 1. The molecule has 7 rings (SSSR count). The molecule has 0 unspecified atom stereocenters. The molecule has 0 atom stereocenters. The first-order valence-corrected chi connectivity index (χ1v) is 26.1. The van der Waals surface area contributed by atoms with Crippen molar-refractivity contribution in [1.82, 2.24) is 0 Å². The van der Waals surface area contributed by atoms with Crippen LogP contribution < -0.4 is 10.0 Å². The van der Waals surface area contributed by atoms with E-state index in [1.54, 1.807) is 0 Å². The van der Waals surface area contributed by atoms with Crippen LogP contribution in [0.1, 0.15) is 135 Å². The number of allylic oxidation sites excluding steroid dienone is 5. The van der Waals surface area contributed by atoms with E-state index >= 15 is 0 Å². The lowest BCUT2D eigenvalue weighted by Crippen LogP contribution is -2.34. The average molecular weight is 987 g/mol. The lowest BCUT2D eigenvalue weighted by molar-refractivity contribution is -0.401. The minimum atomic E-state index is -0.358. The van der Waals surface area contributed by atoms with Gasteiger partial charge in [0.25, 0.3) is 0 Å². The normalized spacial score (nSPS) is 16.5. The van der Waals surface area contributed by atoms with E-state index in [1.165, 1.54) is 58.4 Å². The SMILES string of the molecule is C.C.CC.CC.CCCC.CCCC.CN1C(=CC2=C([O-])/C(=C/C3=[N+](C)c4ccc5ccccc5c4C3(C)C)C2=O)C(C)(C)c2c1ccc1ccccc21.II. The summed E-state index contributed by atoms with van der Waals surface area (Å²) in [6.07, 6.45) is 8.93. The van der Waals surface area contributed by atoms with Gasteiger partial charge in [-0.1, -0.05) is 170 Å². The summed E-state index contributed by atoms with van der Waals surface area (Å²) in [4.78, 5) is 15.7. The number of rotatable bonds is 4. The molecule has 2 aliphatic heterocycles. The highest BCUT2D eigenvalue weighted by Crippen LogP contribution is 2.51. The Balaban J connectivity index is 0.00000168. The maximum absolute atomic E-state index is 13.5. The Bertz CT molecular complexity index is 2020. The molecule has 0 spiro atoms. The van der Waals surface area contributed by atoms with Gasteiger partial charge in [-0.05, 0) is 59.2 Å². The van der Waals surface area contributed by atoms with Crippen LogP contribution in [0.25, 0.3) is 21.5 Å². The van der Waals surface area contributed by atoms with Crippen LogP contribution in [0.15, 0.2) is 108 Å². The molecular weight excluding hydrogens is 914 g/mol. The highest BCUT2D eigenvalue weighted by Gasteiger charge is 2.46. The third kappa shape index (κ3) is 10.4. The van der Waals surface area contributed by atoms with Crippen molar-refractivity contribution in [3.8, 4) is 0 Å². The molecule has 0 aromatic heterocycles. The largest absolute Gasteiger partial charge is 0.871 e. The standard InChI is InChI=1S/C36H32N2O2.2C4H10.2C2H6.2CH4.I2/c1-35(2)29(37(5)27-17-15-21-11-7-9-13-23(21)31(27)35)19-25-33(39)26(34(25)40)20-30-36(3,4)32-24-14-10-8-12-22(24)16-18-28(32)38(30)6;2*1-3-4-2;2*1-2;;;1-2/h7-20H,1-6H3;2*3-4H2,1-2H3;2*1-2H3;2*1H4;. The number of benzene rings is 4. The van der Waals surface area contributed by atoms with Gasteiger partial charge in [0, 0.05) is 89.9 Å². The maximum atomic E-state index is 13.5. The third-order valence-electron chi connectivity index (χ3n) is 10.3. The maximum Gasteiger partial charge on any atom is 0.210 e. The molecule has 0 saturated carbocycles. The fraction of sp³-hybridized carbons (Fsp3) is 0.440. The second-order valence-electron chi connectivity index (χ2n) is 14.3. The number of ketones is 1. The molecule has 2 heterocycles. The first-order chi connectivity index (χ1) is 25.9. The molecule has 0 saturated heterocycles. The minimum Gasteiger partial charge on any atom is -0.871 e. The highest BCUT2D eigenvalue weighted by atomic mass is 128. The van der Waals surface area contributed by atoms with Gasteiger partial charge in [0.1, 0.15) is 7.05 Å². The minimum absolute atomic E-state index is 0. The summed E-state index contributed by atoms with van der Waals surface area (Å²) in [6, 6.07) is 25.3. The monoisotopic (exact) mass is 986 g/mol. The third-order valence-corrected chi connectivity index (χ3v) is 10.3. The second kappa shape index (κ2) is 24.1. The molecule has 0 radical (unpaired) electrons. The Hall–Kier alpha value is -2.98. The predicted octanol–water partition coefficient (Wildman–Crippen LogP) is 15.1. The van der Waals surface area contributed by atoms with Crippen LogP contribution in [-0.2, 0) is 15.6 Å². The van der Waals surface area contributed by atoms with Crippen LogP contribution in [0, 0.1) is 0 Å². The Morgan fingerprint density at radius 1 is 0.679 bits per heavy atom. The van der Waals surface area contributed by atoms with E-state index < -0.39 is 0 Å². The molecule has 0 bridgehead atoms. The summed E-state index contributed by atoms with van der Waals surface area (Å²) in [5, 5.41) is 18.3. The van der Waals surface area contributed by atoms with E-state index in [2.05, 4.69) is 175 Å². The number of anilines is 1. The van der Waals surface area contributed by atoms with Crippen LogP contribution in [0.2, 0.25) is 0 Å².